The molecule has 1 amide bonds. The fraction of sp³-hybridized carbons (Fsp3) is 0.591. The zero-order valence-electron chi connectivity index (χ0n) is 18.0. The molecule has 1 heterocycles. The van der Waals surface area contributed by atoms with Crippen LogP contribution in [0.4, 0.5) is 0 Å². The Labute approximate surface area is 168 Å². The highest BCUT2D eigenvalue weighted by molar-refractivity contribution is 5.99. The van der Waals surface area contributed by atoms with Crippen LogP contribution in [0.1, 0.15) is 63.9 Å². The van der Waals surface area contributed by atoms with E-state index in [0.717, 1.165) is 42.8 Å². The van der Waals surface area contributed by atoms with Gasteiger partial charge in [-0.1, -0.05) is 27.7 Å². The van der Waals surface area contributed by atoms with Crippen molar-refractivity contribution in [1.29, 1.82) is 5.26 Å². The van der Waals surface area contributed by atoms with Crippen LogP contribution in [0.5, 0.6) is 0 Å². The molecule has 0 saturated heterocycles. The summed E-state index contributed by atoms with van der Waals surface area (Å²) in [5.41, 5.74) is 2.79. The smallest absolute Gasteiger partial charge is 0.349 e. The minimum Gasteiger partial charge on any atom is -0.451 e. The van der Waals surface area contributed by atoms with Gasteiger partial charge in [-0.3, -0.25) is 4.79 Å². The molecular formula is C22H33N3O3. The molecule has 0 aliphatic rings. The Kier molecular flexibility index (Phi) is 9.50. The van der Waals surface area contributed by atoms with E-state index < -0.39 is 5.97 Å². The number of nitrogens with zero attached hydrogens (tertiary/aromatic N) is 2. The number of nitriles is 1. The summed E-state index contributed by atoms with van der Waals surface area (Å²) < 4.78 is 7.22. The molecule has 0 fully saturated rings. The molecule has 0 radical (unpaired) electrons. The topological polar surface area (TPSA) is 84.1 Å². The second-order valence-corrected chi connectivity index (χ2v) is 7.49. The molecule has 0 aliphatic heterocycles. The molecule has 6 nitrogen and oxygen atoms in total. The first-order valence-electron chi connectivity index (χ1n) is 9.98. The van der Waals surface area contributed by atoms with Crippen molar-refractivity contribution in [1.82, 2.24) is 9.88 Å². The van der Waals surface area contributed by atoms with Gasteiger partial charge in [-0.15, -0.1) is 0 Å². The lowest BCUT2D eigenvalue weighted by Crippen LogP contribution is -2.37. The number of nitrogens with one attached hydrogen (secondary N) is 1. The summed E-state index contributed by atoms with van der Waals surface area (Å²) >= 11 is 0. The number of carbonyl (C=O) groups is 2. The number of rotatable bonds is 10. The average molecular weight is 388 g/mol. The number of esters is 1. The Bertz CT molecular complexity index is 750. The molecule has 6 heteroatoms. The van der Waals surface area contributed by atoms with Crippen LogP contribution in [0.15, 0.2) is 11.6 Å². The summed E-state index contributed by atoms with van der Waals surface area (Å²) in [6.45, 7) is 12.8. The molecule has 0 bridgehead atoms. The molecule has 0 spiro atoms. The number of carbonyl (C=O) groups excluding carboxylic acids is 2. The molecule has 0 unspecified atom stereocenters. The molecule has 1 aromatic rings. The minimum absolute atomic E-state index is 0.0633. The van der Waals surface area contributed by atoms with Gasteiger partial charge in [0.05, 0.1) is 0 Å². The summed E-state index contributed by atoms with van der Waals surface area (Å²) in [4.78, 5) is 24.1. The van der Waals surface area contributed by atoms with Gasteiger partial charge in [-0.2, -0.15) is 5.26 Å². The van der Waals surface area contributed by atoms with Gasteiger partial charge >= 0.3 is 5.97 Å². The summed E-state index contributed by atoms with van der Waals surface area (Å²) in [6, 6.07) is 3.91. The van der Waals surface area contributed by atoms with Gasteiger partial charge in [0.15, 0.2) is 6.61 Å². The van der Waals surface area contributed by atoms with Gasteiger partial charge in [-0.05, 0) is 56.7 Å². The lowest BCUT2D eigenvalue weighted by Gasteiger charge is -2.14. The summed E-state index contributed by atoms with van der Waals surface area (Å²) in [7, 11) is 0. The number of aryl methyl sites for hydroxylation is 1. The standard InChI is InChI=1S/C22H33N3O3/c1-7-20(8-2)24-21(26)14-28-22(27)19(13-23)12-18-11-16(5)25(17(18)6)10-9-15(3)4/h11-12,15,20H,7-10,14H2,1-6H3,(H,24,26)/b19-12+. The van der Waals surface area contributed by atoms with E-state index in [9.17, 15) is 14.9 Å². The maximum Gasteiger partial charge on any atom is 0.349 e. The molecule has 154 valence electrons. The highest BCUT2D eigenvalue weighted by atomic mass is 16.5. The van der Waals surface area contributed by atoms with Gasteiger partial charge in [0.2, 0.25) is 0 Å². The van der Waals surface area contributed by atoms with Crippen LogP contribution in [0, 0.1) is 31.1 Å². The Morgan fingerprint density at radius 2 is 1.93 bits per heavy atom. The predicted molar refractivity (Wildman–Crippen MR) is 110 cm³/mol. The van der Waals surface area contributed by atoms with Crippen LogP contribution in [-0.2, 0) is 20.9 Å². The molecule has 0 saturated carbocycles. The average Bonchev–Trinajstić information content (AvgIpc) is 2.93. The molecule has 1 aromatic heterocycles. The normalized spacial score (nSPS) is 11.6. The van der Waals surface area contributed by atoms with Crippen molar-refractivity contribution in [2.24, 2.45) is 5.92 Å². The van der Waals surface area contributed by atoms with E-state index >= 15 is 0 Å². The van der Waals surface area contributed by atoms with Gasteiger partial charge in [-0.25, -0.2) is 4.79 Å². The van der Waals surface area contributed by atoms with Crippen LogP contribution in [0.2, 0.25) is 0 Å². The highest BCUT2D eigenvalue weighted by Gasteiger charge is 2.16. The van der Waals surface area contributed by atoms with Crippen LogP contribution in [0.25, 0.3) is 6.08 Å². The third kappa shape index (κ3) is 6.88. The number of hydrogen-bond donors (Lipinski definition) is 1. The second kappa shape index (κ2) is 11.3. The Morgan fingerprint density at radius 3 is 2.46 bits per heavy atom. The first-order chi connectivity index (χ1) is 13.2. The van der Waals surface area contributed by atoms with Crippen LogP contribution >= 0.6 is 0 Å². The molecule has 1 rings (SSSR count). The van der Waals surface area contributed by atoms with Gasteiger partial charge in [0.25, 0.3) is 5.91 Å². The maximum atomic E-state index is 12.2. The van der Waals surface area contributed by atoms with Crippen molar-refractivity contribution < 1.29 is 14.3 Å². The first kappa shape index (κ1) is 23.5. The van der Waals surface area contributed by atoms with E-state index in [2.05, 4.69) is 23.7 Å². The molecule has 28 heavy (non-hydrogen) atoms. The third-order valence-electron chi connectivity index (χ3n) is 4.87. The van der Waals surface area contributed by atoms with Crippen molar-refractivity contribution in [3.8, 4) is 6.07 Å². The van der Waals surface area contributed by atoms with Gasteiger partial charge < -0.3 is 14.6 Å². The van der Waals surface area contributed by atoms with Gasteiger partial charge in [0, 0.05) is 24.0 Å². The summed E-state index contributed by atoms with van der Waals surface area (Å²) in [6.07, 6.45) is 4.21. The number of amides is 1. The monoisotopic (exact) mass is 387 g/mol. The predicted octanol–water partition coefficient (Wildman–Crippen LogP) is 3.91. The zero-order valence-corrected chi connectivity index (χ0v) is 18.0. The lowest BCUT2D eigenvalue weighted by atomic mass is 10.1. The quantitative estimate of drug-likeness (QED) is 0.375. The lowest BCUT2D eigenvalue weighted by molar-refractivity contribution is -0.144. The van der Waals surface area contributed by atoms with Crippen LogP contribution < -0.4 is 5.32 Å². The molecule has 0 atom stereocenters. The van der Waals surface area contributed by atoms with Crippen LogP contribution in [0.3, 0.4) is 0 Å². The van der Waals surface area contributed by atoms with Crippen LogP contribution in [-0.4, -0.2) is 29.1 Å². The fourth-order valence-electron chi connectivity index (χ4n) is 2.97. The minimum atomic E-state index is -0.783. The number of hydrogen-bond acceptors (Lipinski definition) is 4. The third-order valence-corrected chi connectivity index (χ3v) is 4.87. The molecule has 0 aliphatic carbocycles. The van der Waals surface area contributed by atoms with Crippen molar-refractivity contribution in [3.63, 3.8) is 0 Å². The van der Waals surface area contributed by atoms with E-state index in [4.69, 9.17) is 4.74 Å². The van der Waals surface area contributed by atoms with Crippen molar-refractivity contribution in [2.75, 3.05) is 6.61 Å². The summed E-state index contributed by atoms with van der Waals surface area (Å²) in [5.74, 6) is -0.545. The molecule has 0 aromatic carbocycles. The van der Waals surface area contributed by atoms with E-state index in [1.165, 1.54) is 6.08 Å². The zero-order chi connectivity index (χ0) is 21.3. The first-order valence-corrected chi connectivity index (χ1v) is 9.98. The largest absolute Gasteiger partial charge is 0.451 e. The Morgan fingerprint density at radius 1 is 1.29 bits per heavy atom. The Hall–Kier alpha value is -2.55. The van der Waals surface area contributed by atoms with Crippen molar-refractivity contribution in [2.45, 2.75) is 73.4 Å². The van der Waals surface area contributed by atoms with E-state index in [-0.39, 0.29) is 24.1 Å². The van der Waals surface area contributed by atoms with Crippen molar-refractivity contribution >= 4 is 18.0 Å². The number of ether oxygens (including phenoxy) is 1. The fourth-order valence-corrected chi connectivity index (χ4v) is 2.97. The van der Waals surface area contributed by atoms with Crippen molar-refractivity contribution in [3.05, 3.63) is 28.6 Å². The molecular weight excluding hydrogens is 354 g/mol. The van der Waals surface area contributed by atoms with E-state index in [0.29, 0.717) is 5.92 Å². The van der Waals surface area contributed by atoms with Gasteiger partial charge in [0.1, 0.15) is 11.6 Å². The number of aromatic nitrogens is 1. The maximum absolute atomic E-state index is 12.2. The summed E-state index contributed by atoms with van der Waals surface area (Å²) in [5, 5.41) is 12.2. The highest BCUT2D eigenvalue weighted by Crippen LogP contribution is 2.20. The Balaban J connectivity index is 2.83. The van der Waals surface area contributed by atoms with E-state index in [1.54, 1.807) is 0 Å². The van der Waals surface area contributed by atoms with E-state index in [1.807, 2.05) is 39.8 Å². The SMILES string of the molecule is CCC(CC)NC(=O)COC(=O)/C(C#N)=C/c1cc(C)n(CCC(C)C)c1C. The molecule has 1 N–H and O–H groups in total. The second-order valence-electron chi connectivity index (χ2n) is 7.49.